The highest BCUT2D eigenvalue weighted by Crippen LogP contribution is 2.12. The van der Waals surface area contributed by atoms with Crippen molar-refractivity contribution in [3.8, 4) is 0 Å². The van der Waals surface area contributed by atoms with Gasteiger partial charge in [0.05, 0.1) is 6.61 Å². The summed E-state index contributed by atoms with van der Waals surface area (Å²) in [5, 5.41) is 12.4. The molecule has 0 fully saturated rings. The van der Waals surface area contributed by atoms with Crippen LogP contribution in [-0.2, 0) is 0 Å². The van der Waals surface area contributed by atoms with E-state index < -0.39 is 0 Å². The number of aliphatic hydroxyl groups is 1. The van der Waals surface area contributed by atoms with E-state index in [9.17, 15) is 9.50 Å². The first-order valence-corrected chi connectivity index (χ1v) is 6.62. The summed E-state index contributed by atoms with van der Waals surface area (Å²) < 4.78 is 12.7. The molecule has 2 N–H and O–H groups in total. The third kappa shape index (κ3) is 4.86. The quantitative estimate of drug-likeness (QED) is 0.722. The van der Waals surface area contributed by atoms with E-state index in [1.807, 2.05) is 11.8 Å². The molecule has 0 aliphatic carbocycles. The first-order chi connectivity index (χ1) is 7.76. The maximum atomic E-state index is 12.7. The lowest BCUT2D eigenvalue weighted by molar-refractivity contribution is 0.272. The van der Waals surface area contributed by atoms with Gasteiger partial charge >= 0.3 is 0 Å². The summed E-state index contributed by atoms with van der Waals surface area (Å²) in [6, 6.07) is 6.25. The van der Waals surface area contributed by atoms with Crippen molar-refractivity contribution in [2.24, 2.45) is 0 Å². The average molecular weight is 243 g/mol. The SMILES string of the molecule is CCSCCC(CO)Nc1ccc(F)cc1. The molecule has 0 saturated heterocycles. The summed E-state index contributed by atoms with van der Waals surface area (Å²) in [5.74, 6) is 1.87. The van der Waals surface area contributed by atoms with Gasteiger partial charge in [0.25, 0.3) is 0 Å². The van der Waals surface area contributed by atoms with Crippen molar-refractivity contribution in [2.45, 2.75) is 19.4 Å². The summed E-state index contributed by atoms with van der Waals surface area (Å²) in [6.45, 7) is 2.22. The van der Waals surface area contributed by atoms with Gasteiger partial charge in [0.2, 0.25) is 0 Å². The predicted molar refractivity (Wildman–Crippen MR) is 68.5 cm³/mol. The summed E-state index contributed by atoms with van der Waals surface area (Å²) >= 11 is 1.85. The molecule has 1 aromatic rings. The Morgan fingerprint density at radius 1 is 1.38 bits per heavy atom. The molecular weight excluding hydrogens is 225 g/mol. The van der Waals surface area contributed by atoms with Gasteiger partial charge < -0.3 is 10.4 Å². The van der Waals surface area contributed by atoms with Crippen molar-refractivity contribution in [3.63, 3.8) is 0 Å². The Kier molecular flexibility index (Phi) is 6.26. The smallest absolute Gasteiger partial charge is 0.123 e. The van der Waals surface area contributed by atoms with E-state index in [1.54, 1.807) is 12.1 Å². The number of thioether (sulfide) groups is 1. The molecule has 0 aliphatic heterocycles. The number of aliphatic hydroxyl groups excluding tert-OH is 1. The van der Waals surface area contributed by atoms with E-state index in [1.165, 1.54) is 12.1 Å². The highest BCUT2D eigenvalue weighted by molar-refractivity contribution is 7.99. The van der Waals surface area contributed by atoms with Crippen LogP contribution in [-0.4, -0.2) is 29.3 Å². The molecule has 0 spiro atoms. The number of halogens is 1. The van der Waals surface area contributed by atoms with Gasteiger partial charge in [-0.15, -0.1) is 0 Å². The van der Waals surface area contributed by atoms with Gasteiger partial charge in [-0.25, -0.2) is 4.39 Å². The molecule has 0 amide bonds. The lowest BCUT2D eigenvalue weighted by atomic mass is 10.2. The Hall–Kier alpha value is -0.740. The van der Waals surface area contributed by atoms with Gasteiger partial charge in [0.15, 0.2) is 0 Å². The van der Waals surface area contributed by atoms with Crippen LogP contribution in [0.15, 0.2) is 24.3 Å². The highest BCUT2D eigenvalue weighted by Gasteiger charge is 2.06. The monoisotopic (exact) mass is 243 g/mol. The van der Waals surface area contributed by atoms with Gasteiger partial charge in [-0.3, -0.25) is 0 Å². The second-order valence-electron chi connectivity index (χ2n) is 3.52. The zero-order valence-corrected chi connectivity index (χ0v) is 10.3. The van der Waals surface area contributed by atoms with Crippen LogP contribution in [0.5, 0.6) is 0 Å². The molecule has 16 heavy (non-hydrogen) atoms. The van der Waals surface area contributed by atoms with Crippen molar-refractivity contribution in [2.75, 3.05) is 23.4 Å². The van der Waals surface area contributed by atoms with Crippen LogP contribution in [0.25, 0.3) is 0 Å². The second kappa shape index (κ2) is 7.52. The van der Waals surface area contributed by atoms with Crippen LogP contribution in [0.1, 0.15) is 13.3 Å². The Morgan fingerprint density at radius 3 is 2.62 bits per heavy atom. The zero-order valence-electron chi connectivity index (χ0n) is 9.45. The van der Waals surface area contributed by atoms with Crippen LogP contribution < -0.4 is 5.32 Å². The molecule has 0 aliphatic rings. The molecule has 4 heteroatoms. The van der Waals surface area contributed by atoms with Gasteiger partial charge in [0.1, 0.15) is 5.82 Å². The maximum Gasteiger partial charge on any atom is 0.123 e. The molecule has 0 aromatic heterocycles. The molecule has 2 nitrogen and oxygen atoms in total. The highest BCUT2D eigenvalue weighted by atomic mass is 32.2. The number of nitrogens with one attached hydrogen (secondary N) is 1. The van der Waals surface area contributed by atoms with E-state index in [0.717, 1.165) is 23.6 Å². The number of anilines is 1. The number of hydrogen-bond acceptors (Lipinski definition) is 3. The predicted octanol–water partition coefficient (Wildman–Crippen LogP) is 2.74. The second-order valence-corrected chi connectivity index (χ2v) is 4.91. The van der Waals surface area contributed by atoms with Crippen LogP contribution in [0.3, 0.4) is 0 Å². The Balaban J connectivity index is 2.40. The zero-order chi connectivity index (χ0) is 11.8. The molecule has 0 saturated carbocycles. The largest absolute Gasteiger partial charge is 0.394 e. The lowest BCUT2D eigenvalue weighted by Crippen LogP contribution is -2.24. The first kappa shape index (κ1) is 13.3. The summed E-state index contributed by atoms with van der Waals surface area (Å²) in [4.78, 5) is 0. The van der Waals surface area contributed by atoms with Crippen molar-refractivity contribution >= 4 is 17.4 Å². The summed E-state index contributed by atoms with van der Waals surface area (Å²) in [7, 11) is 0. The van der Waals surface area contributed by atoms with E-state index in [4.69, 9.17) is 0 Å². The Morgan fingerprint density at radius 2 is 2.06 bits per heavy atom. The third-order valence-electron chi connectivity index (χ3n) is 2.25. The van der Waals surface area contributed by atoms with Crippen LogP contribution in [0.4, 0.5) is 10.1 Å². The number of hydrogen-bond donors (Lipinski definition) is 2. The van der Waals surface area contributed by atoms with Crippen LogP contribution >= 0.6 is 11.8 Å². The van der Waals surface area contributed by atoms with Crippen molar-refractivity contribution in [1.82, 2.24) is 0 Å². The average Bonchev–Trinajstić information content (AvgIpc) is 2.31. The van der Waals surface area contributed by atoms with E-state index in [0.29, 0.717) is 0 Å². The Labute approximate surface area is 100 Å². The minimum atomic E-state index is -0.243. The molecular formula is C12H18FNOS. The van der Waals surface area contributed by atoms with Crippen molar-refractivity contribution in [1.29, 1.82) is 0 Å². The van der Waals surface area contributed by atoms with Gasteiger partial charge in [-0.1, -0.05) is 6.92 Å². The molecule has 0 radical (unpaired) electrons. The lowest BCUT2D eigenvalue weighted by Gasteiger charge is -2.17. The number of benzene rings is 1. The topological polar surface area (TPSA) is 32.3 Å². The van der Waals surface area contributed by atoms with Crippen LogP contribution in [0, 0.1) is 5.82 Å². The van der Waals surface area contributed by atoms with Gasteiger partial charge in [-0.05, 0) is 42.2 Å². The van der Waals surface area contributed by atoms with Crippen molar-refractivity contribution < 1.29 is 9.50 Å². The number of rotatable bonds is 7. The summed E-state index contributed by atoms with van der Waals surface area (Å²) in [6.07, 6.45) is 0.909. The standard InChI is InChI=1S/C12H18FNOS/c1-2-16-8-7-12(9-15)14-11-5-3-10(13)4-6-11/h3-6,12,14-15H,2,7-9H2,1H3. The summed E-state index contributed by atoms with van der Waals surface area (Å²) in [5.41, 5.74) is 0.849. The van der Waals surface area contributed by atoms with E-state index in [-0.39, 0.29) is 18.5 Å². The molecule has 0 heterocycles. The molecule has 0 bridgehead atoms. The minimum absolute atomic E-state index is 0.0458. The van der Waals surface area contributed by atoms with Crippen molar-refractivity contribution in [3.05, 3.63) is 30.1 Å². The fourth-order valence-corrected chi connectivity index (χ4v) is 2.10. The normalized spacial score (nSPS) is 12.4. The first-order valence-electron chi connectivity index (χ1n) is 5.47. The fourth-order valence-electron chi connectivity index (χ4n) is 1.36. The van der Waals surface area contributed by atoms with Crippen LogP contribution in [0.2, 0.25) is 0 Å². The van der Waals surface area contributed by atoms with Gasteiger partial charge in [-0.2, -0.15) is 11.8 Å². The molecule has 1 atom stereocenters. The van der Waals surface area contributed by atoms with E-state index in [2.05, 4.69) is 12.2 Å². The minimum Gasteiger partial charge on any atom is -0.394 e. The fraction of sp³-hybridized carbons (Fsp3) is 0.500. The third-order valence-corrected chi connectivity index (χ3v) is 3.18. The molecule has 1 aromatic carbocycles. The molecule has 1 unspecified atom stereocenters. The van der Waals surface area contributed by atoms with E-state index >= 15 is 0 Å². The Bertz CT molecular complexity index is 292. The molecule has 90 valence electrons. The van der Waals surface area contributed by atoms with Gasteiger partial charge in [0, 0.05) is 11.7 Å². The maximum absolute atomic E-state index is 12.7. The molecule has 1 rings (SSSR count).